The van der Waals surface area contributed by atoms with Crippen LogP contribution in [-0.4, -0.2) is 16.8 Å². The molecule has 0 aliphatic heterocycles. The molecule has 0 amide bonds. The topological polar surface area (TPSA) is 37.3 Å². The van der Waals surface area contributed by atoms with E-state index in [0.717, 1.165) is 10.0 Å². The van der Waals surface area contributed by atoms with E-state index in [4.69, 9.17) is 11.6 Å². The zero-order valence-electron chi connectivity index (χ0n) is 11.2. The summed E-state index contributed by atoms with van der Waals surface area (Å²) < 4.78 is 0.996. The van der Waals surface area contributed by atoms with Gasteiger partial charge in [0.1, 0.15) is 5.75 Å². The lowest BCUT2D eigenvalue weighted by molar-refractivity contribution is 0.104. The molecule has 2 aromatic carbocycles. The summed E-state index contributed by atoms with van der Waals surface area (Å²) >= 11 is 9.05. The summed E-state index contributed by atoms with van der Waals surface area (Å²) in [4.78, 5) is 12.1. The maximum absolute atomic E-state index is 12.1. The van der Waals surface area contributed by atoms with Crippen LogP contribution in [0.25, 0.3) is 6.08 Å². The van der Waals surface area contributed by atoms with Crippen molar-refractivity contribution in [1.29, 1.82) is 0 Å². The molecular formula is C17H14BrClO2. The number of aromatic hydroxyl groups is 1. The van der Waals surface area contributed by atoms with Gasteiger partial charge in [0.05, 0.1) is 0 Å². The van der Waals surface area contributed by atoms with Gasteiger partial charge in [-0.05, 0) is 54.0 Å². The summed E-state index contributed by atoms with van der Waals surface area (Å²) in [5.74, 6) is 0.470. The minimum atomic E-state index is -0.103. The number of ketones is 1. The highest BCUT2D eigenvalue weighted by atomic mass is 79.9. The monoisotopic (exact) mass is 364 g/mol. The van der Waals surface area contributed by atoms with Crippen LogP contribution in [0.1, 0.15) is 21.5 Å². The predicted molar refractivity (Wildman–Crippen MR) is 90.0 cm³/mol. The molecule has 0 bridgehead atoms. The van der Waals surface area contributed by atoms with Crippen molar-refractivity contribution in [1.82, 2.24) is 0 Å². The SMILES string of the molecule is O=C(/C=C/c1ccc(Br)cc1)c1ccc(O)c(CCCl)c1. The average Bonchev–Trinajstić information content (AvgIpc) is 2.49. The van der Waals surface area contributed by atoms with Gasteiger partial charge in [0.25, 0.3) is 0 Å². The lowest BCUT2D eigenvalue weighted by Gasteiger charge is -2.04. The molecule has 0 aliphatic rings. The molecule has 0 radical (unpaired) electrons. The molecule has 0 aromatic heterocycles. The molecule has 0 saturated heterocycles. The summed E-state index contributed by atoms with van der Waals surface area (Å²) in [5.41, 5.74) is 2.18. The van der Waals surface area contributed by atoms with E-state index < -0.39 is 0 Å². The van der Waals surface area contributed by atoms with Gasteiger partial charge in [-0.1, -0.05) is 34.1 Å². The molecule has 108 valence electrons. The van der Waals surface area contributed by atoms with Gasteiger partial charge in [0.15, 0.2) is 5.78 Å². The van der Waals surface area contributed by atoms with Crippen LogP contribution in [0.15, 0.2) is 53.0 Å². The smallest absolute Gasteiger partial charge is 0.185 e. The quantitative estimate of drug-likeness (QED) is 0.468. The molecule has 2 rings (SSSR count). The van der Waals surface area contributed by atoms with Crippen molar-refractivity contribution < 1.29 is 9.90 Å². The van der Waals surface area contributed by atoms with Crippen molar-refractivity contribution in [2.45, 2.75) is 6.42 Å². The first kappa shape index (κ1) is 15.8. The number of aryl methyl sites for hydroxylation is 1. The third-order valence-corrected chi connectivity index (χ3v) is 3.74. The molecule has 0 fully saturated rings. The Labute approximate surface area is 137 Å². The Kier molecular flexibility index (Phi) is 5.59. The highest BCUT2D eigenvalue weighted by Gasteiger charge is 2.07. The Morgan fingerprint density at radius 3 is 2.57 bits per heavy atom. The Morgan fingerprint density at radius 1 is 1.19 bits per heavy atom. The number of carbonyl (C=O) groups is 1. The zero-order chi connectivity index (χ0) is 15.2. The number of carbonyl (C=O) groups excluding carboxylic acids is 1. The summed E-state index contributed by atoms with van der Waals surface area (Å²) in [6.07, 6.45) is 3.83. The Hall–Kier alpha value is -1.58. The molecule has 0 atom stereocenters. The van der Waals surface area contributed by atoms with Crippen LogP contribution in [-0.2, 0) is 6.42 Å². The number of benzene rings is 2. The van der Waals surface area contributed by atoms with E-state index in [1.807, 2.05) is 24.3 Å². The van der Waals surface area contributed by atoms with Crippen LogP contribution >= 0.6 is 27.5 Å². The molecule has 4 heteroatoms. The molecule has 1 N–H and O–H groups in total. The largest absolute Gasteiger partial charge is 0.508 e. The standard InChI is InChI=1S/C17H14BrClO2/c18-15-5-1-12(2-6-15)3-7-16(20)13-4-8-17(21)14(11-13)9-10-19/h1-8,11,21H,9-10H2/b7-3+. The van der Waals surface area contributed by atoms with E-state index in [1.54, 1.807) is 18.2 Å². The first-order chi connectivity index (χ1) is 10.1. The summed E-state index contributed by atoms with van der Waals surface area (Å²) in [7, 11) is 0. The molecule has 0 heterocycles. The lowest BCUT2D eigenvalue weighted by atomic mass is 10.0. The van der Waals surface area contributed by atoms with E-state index in [2.05, 4.69) is 15.9 Å². The second-order valence-corrected chi connectivity index (χ2v) is 5.83. The summed E-state index contributed by atoms with van der Waals surface area (Å²) in [6, 6.07) is 12.5. The van der Waals surface area contributed by atoms with Crippen LogP contribution in [0, 0.1) is 0 Å². The fourth-order valence-corrected chi connectivity index (χ4v) is 2.35. The van der Waals surface area contributed by atoms with E-state index in [-0.39, 0.29) is 11.5 Å². The molecule has 21 heavy (non-hydrogen) atoms. The van der Waals surface area contributed by atoms with Crippen LogP contribution in [0.5, 0.6) is 5.75 Å². The first-order valence-corrected chi connectivity index (χ1v) is 7.79. The lowest BCUT2D eigenvalue weighted by Crippen LogP contribution is -1.97. The number of hydrogen-bond acceptors (Lipinski definition) is 2. The van der Waals surface area contributed by atoms with Crippen molar-refractivity contribution in [3.8, 4) is 5.75 Å². The number of hydrogen-bond donors (Lipinski definition) is 1. The first-order valence-electron chi connectivity index (χ1n) is 6.46. The van der Waals surface area contributed by atoms with Crippen molar-refractivity contribution >= 4 is 39.4 Å². The summed E-state index contributed by atoms with van der Waals surface area (Å²) in [5, 5.41) is 9.69. The molecule has 0 saturated carbocycles. The fourth-order valence-electron chi connectivity index (χ4n) is 1.88. The Morgan fingerprint density at radius 2 is 1.90 bits per heavy atom. The number of phenolic OH excluding ortho intramolecular Hbond substituents is 1. The van der Waals surface area contributed by atoms with Crippen molar-refractivity contribution in [3.63, 3.8) is 0 Å². The van der Waals surface area contributed by atoms with Crippen LogP contribution in [0.3, 0.4) is 0 Å². The molecule has 0 unspecified atom stereocenters. The van der Waals surface area contributed by atoms with Gasteiger partial charge >= 0.3 is 0 Å². The Balaban J connectivity index is 2.16. The second-order valence-electron chi connectivity index (χ2n) is 4.53. The van der Waals surface area contributed by atoms with E-state index in [9.17, 15) is 9.90 Å². The van der Waals surface area contributed by atoms with E-state index in [1.165, 1.54) is 12.1 Å². The minimum absolute atomic E-state index is 0.103. The molecular weight excluding hydrogens is 352 g/mol. The fraction of sp³-hybridized carbons (Fsp3) is 0.118. The highest BCUT2D eigenvalue weighted by Crippen LogP contribution is 2.20. The zero-order valence-corrected chi connectivity index (χ0v) is 13.6. The maximum Gasteiger partial charge on any atom is 0.185 e. The number of halogens is 2. The van der Waals surface area contributed by atoms with Gasteiger partial charge in [-0.15, -0.1) is 11.6 Å². The molecule has 0 aliphatic carbocycles. The molecule has 2 aromatic rings. The van der Waals surface area contributed by atoms with Crippen molar-refractivity contribution in [2.24, 2.45) is 0 Å². The minimum Gasteiger partial charge on any atom is -0.508 e. The highest BCUT2D eigenvalue weighted by molar-refractivity contribution is 9.10. The van der Waals surface area contributed by atoms with E-state index >= 15 is 0 Å². The summed E-state index contributed by atoms with van der Waals surface area (Å²) in [6.45, 7) is 0. The van der Waals surface area contributed by atoms with Gasteiger partial charge in [-0.25, -0.2) is 0 Å². The van der Waals surface area contributed by atoms with Gasteiger partial charge in [-0.3, -0.25) is 4.79 Å². The number of phenols is 1. The van der Waals surface area contributed by atoms with Crippen LogP contribution < -0.4 is 0 Å². The van der Waals surface area contributed by atoms with Gasteiger partial charge < -0.3 is 5.11 Å². The third-order valence-electron chi connectivity index (χ3n) is 3.03. The van der Waals surface area contributed by atoms with Crippen molar-refractivity contribution in [3.05, 3.63) is 69.7 Å². The number of alkyl halides is 1. The number of allylic oxidation sites excluding steroid dienone is 1. The predicted octanol–water partition coefficient (Wildman–Crippen LogP) is 4.83. The average molecular weight is 366 g/mol. The normalized spacial score (nSPS) is 11.0. The van der Waals surface area contributed by atoms with Gasteiger partial charge in [0, 0.05) is 15.9 Å². The van der Waals surface area contributed by atoms with Gasteiger partial charge in [0.2, 0.25) is 0 Å². The van der Waals surface area contributed by atoms with Gasteiger partial charge in [-0.2, -0.15) is 0 Å². The molecule has 0 spiro atoms. The van der Waals surface area contributed by atoms with E-state index in [0.29, 0.717) is 23.4 Å². The number of rotatable bonds is 5. The van der Waals surface area contributed by atoms with Crippen LogP contribution in [0.4, 0.5) is 0 Å². The van der Waals surface area contributed by atoms with Crippen LogP contribution in [0.2, 0.25) is 0 Å². The second kappa shape index (κ2) is 7.43. The maximum atomic E-state index is 12.1. The third kappa shape index (κ3) is 4.45. The molecule has 2 nitrogen and oxygen atoms in total. The van der Waals surface area contributed by atoms with Crippen molar-refractivity contribution in [2.75, 3.05) is 5.88 Å². The Bertz CT molecular complexity index is 663.